The Hall–Kier alpha value is -5.89. The molecule has 1 amide bonds. The number of aromatic hydroxyl groups is 2. The third kappa shape index (κ3) is 9.81. The molecule has 5 rings (SSSR count). The molecule has 0 saturated carbocycles. The number of hydrogen-bond donors (Lipinski definition) is 4. The van der Waals surface area contributed by atoms with Gasteiger partial charge in [-0.05, 0) is 67.5 Å². The molecule has 3 atom stereocenters. The summed E-state index contributed by atoms with van der Waals surface area (Å²) in [5.74, 6) is -1.60. The smallest absolute Gasteiger partial charge is 0.342 e. The Kier molecular flexibility index (Phi) is 13.9. The van der Waals surface area contributed by atoms with Crippen LogP contribution in [0.15, 0.2) is 54.6 Å². The molecule has 1 aromatic heterocycles. The van der Waals surface area contributed by atoms with Gasteiger partial charge in [0.1, 0.15) is 35.5 Å². The van der Waals surface area contributed by atoms with Gasteiger partial charge in [0.05, 0.1) is 27.4 Å². The number of hydrogen-bond acceptors (Lipinski definition) is 12. The fraction of sp³-hybridized carbons (Fsp3) is 0.390. The van der Waals surface area contributed by atoms with E-state index in [9.17, 15) is 24.6 Å². The van der Waals surface area contributed by atoms with Crippen LogP contribution in [0.2, 0.25) is 0 Å². The Labute approximate surface area is 319 Å². The van der Waals surface area contributed by atoms with Gasteiger partial charge in [-0.1, -0.05) is 42.5 Å². The lowest BCUT2D eigenvalue weighted by atomic mass is 9.84. The second kappa shape index (κ2) is 18.9. The Balaban J connectivity index is 1.64. The number of aromatic nitrogens is 3. The lowest BCUT2D eigenvalue weighted by Gasteiger charge is -2.25. The highest BCUT2D eigenvalue weighted by molar-refractivity contribution is 5.98. The van der Waals surface area contributed by atoms with Crippen molar-refractivity contribution in [2.45, 2.75) is 76.5 Å². The maximum Gasteiger partial charge on any atom is 0.342 e. The van der Waals surface area contributed by atoms with Crippen molar-refractivity contribution in [1.29, 1.82) is 0 Å². The second-order valence-electron chi connectivity index (χ2n) is 13.3. The molecule has 0 spiro atoms. The van der Waals surface area contributed by atoms with E-state index >= 15 is 0 Å². The topological polar surface area (TPSA) is 191 Å². The van der Waals surface area contributed by atoms with Gasteiger partial charge in [0, 0.05) is 37.9 Å². The molecule has 2 heterocycles. The molecule has 0 bridgehead atoms. The first-order valence-corrected chi connectivity index (χ1v) is 18.1. The number of carbonyl (C=O) groups is 3. The van der Waals surface area contributed by atoms with Crippen LogP contribution in [0.4, 0.5) is 0 Å². The van der Waals surface area contributed by atoms with Gasteiger partial charge in [-0.25, -0.2) is 9.78 Å². The van der Waals surface area contributed by atoms with Crippen LogP contribution in [-0.2, 0) is 25.7 Å². The van der Waals surface area contributed by atoms with Gasteiger partial charge in [0.25, 0.3) is 0 Å². The van der Waals surface area contributed by atoms with Crippen molar-refractivity contribution < 1.29 is 48.3 Å². The van der Waals surface area contributed by atoms with Crippen LogP contribution in [0.25, 0.3) is 6.08 Å². The van der Waals surface area contributed by atoms with E-state index in [4.69, 9.17) is 23.7 Å². The number of amides is 1. The maximum atomic E-state index is 14.3. The molecule has 2 unspecified atom stereocenters. The minimum absolute atomic E-state index is 0.0931. The lowest BCUT2D eigenvalue weighted by Crippen LogP contribution is -2.31. The quantitative estimate of drug-likeness (QED) is 0.118. The van der Waals surface area contributed by atoms with Crippen molar-refractivity contribution in [3.63, 3.8) is 0 Å². The molecule has 14 nitrogen and oxygen atoms in total. The van der Waals surface area contributed by atoms with Gasteiger partial charge in [-0.3, -0.25) is 14.7 Å². The highest BCUT2D eigenvalue weighted by atomic mass is 16.5. The fourth-order valence-electron chi connectivity index (χ4n) is 6.70. The molecular formula is C41H48N4O10. The number of esters is 1. The zero-order chi connectivity index (χ0) is 39.5. The summed E-state index contributed by atoms with van der Waals surface area (Å²) in [6.07, 6.45) is 5.45. The predicted octanol–water partition coefficient (Wildman–Crippen LogP) is 6.30. The van der Waals surface area contributed by atoms with Crippen molar-refractivity contribution in [3.05, 3.63) is 94.1 Å². The molecule has 4 aromatic rings. The molecule has 1 aliphatic rings. The number of nitrogens with one attached hydrogen (secondary N) is 2. The molecule has 55 heavy (non-hydrogen) atoms. The largest absolute Gasteiger partial charge is 0.507 e. The van der Waals surface area contributed by atoms with Crippen molar-refractivity contribution in [3.8, 4) is 28.7 Å². The van der Waals surface area contributed by atoms with Crippen molar-refractivity contribution in [2.75, 3.05) is 28.4 Å². The van der Waals surface area contributed by atoms with Crippen LogP contribution in [0.3, 0.4) is 0 Å². The first kappa shape index (κ1) is 40.3. The number of allylic oxidation sites excluding steroid dienone is 1. The van der Waals surface area contributed by atoms with Gasteiger partial charge in [-0.15, -0.1) is 0 Å². The first-order chi connectivity index (χ1) is 26.6. The molecule has 0 radical (unpaired) electrons. The van der Waals surface area contributed by atoms with E-state index in [0.717, 1.165) is 0 Å². The predicted molar refractivity (Wildman–Crippen MR) is 202 cm³/mol. The summed E-state index contributed by atoms with van der Waals surface area (Å²) >= 11 is 0. The number of Topliss-reactive ketones (excluding diaryl/α,β-unsaturated/α-hetero) is 1. The van der Waals surface area contributed by atoms with Gasteiger partial charge in [0.15, 0.2) is 23.1 Å². The maximum absolute atomic E-state index is 14.3. The fourth-order valence-corrected chi connectivity index (χ4v) is 6.70. The number of fused-ring (bicyclic) bond motifs is 1. The summed E-state index contributed by atoms with van der Waals surface area (Å²) < 4.78 is 27.8. The van der Waals surface area contributed by atoms with Crippen LogP contribution in [0.5, 0.6) is 28.7 Å². The highest BCUT2D eigenvalue weighted by Crippen LogP contribution is 2.48. The summed E-state index contributed by atoms with van der Waals surface area (Å²) in [5.41, 5.74) is 1.05. The Bertz CT molecular complexity index is 1970. The van der Waals surface area contributed by atoms with E-state index in [0.29, 0.717) is 67.1 Å². The zero-order valence-corrected chi connectivity index (χ0v) is 31.7. The molecule has 0 fully saturated rings. The Morgan fingerprint density at radius 3 is 2.36 bits per heavy atom. The number of aromatic amines is 1. The van der Waals surface area contributed by atoms with E-state index in [1.165, 1.54) is 34.5 Å². The number of ether oxygens (including phenoxy) is 5. The Morgan fingerprint density at radius 1 is 0.982 bits per heavy atom. The van der Waals surface area contributed by atoms with Crippen molar-refractivity contribution >= 4 is 23.7 Å². The number of carbonyl (C=O) groups excluding carboxylic acids is 3. The van der Waals surface area contributed by atoms with Crippen LogP contribution in [0.1, 0.15) is 108 Å². The monoisotopic (exact) mass is 756 g/mol. The zero-order valence-electron chi connectivity index (χ0n) is 31.7. The number of methoxy groups -OCH3 is 4. The number of H-pyrrole nitrogens is 1. The minimum atomic E-state index is -1.08. The SMILES string of the molecule is COCc1nc(C(NC(=O)CC(c2cc(OC)c(OC)c(OC)c2)c2c(O)cc3c(c2O)C(=O)O[C@@H](C)CCCC(=O)CCC/C=C/3)c2ccccc2)n[nH]1. The summed E-state index contributed by atoms with van der Waals surface area (Å²) in [7, 11) is 5.88. The van der Waals surface area contributed by atoms with Crippen LogP contribution in [0, 0.1) is 0 Å². The minimum Gasteiger partial charge on any atom is -0.507 e. The summed E-state index contributed by atoms with van der Waals surface area (Å²) in [5, 5.41) is 34.0. The van der Waals surface area contributed by atoms with E-state index in [-0.39, 0.29) is 52.7 Å². The normalized spacial score (nSPS) is 16.9. The number of benzene rings is 3. The summed E-state index contributed by atoms with van der Waals surface area (Å²) in [6, 6.07) is 13.0. The number of cyclic esters (lactones) is 1. The third-order valence-electron chi connectivity index (χ3n) is 9.41. The second-order valence-corrected chi connectivity index (χ2v) is 13.3. The van der Waals surface area contributed by atoms with Crippen LogP contribution < -0.4 is 19.5 Å². The van der Waals surface area contributed by atoms with E-state index in [1.807, 2.05) is 30.3 Å². The summed E-state index contributed by atoms with van der Waals surface area (Å²) in [4.78, 5) is 45.0. The molecule has 0 aliphatic carbocycles. The number of rotatable bonds is 12. The van der Waals surface area contributed by atoms with Gasteiger partial charge in [-0.2, -0.15) is 5.10 Å². The van der Waals surface area contributed by atoms with Crippen molar-refractivity contribution in [2.24, 2.45) is 0 Å². The molecule has 292 valence electrons. The van der Waals surface area contributed by atoms with Gasteiger partial charge < -0.3 is 39.2 Å². The molecule has 1 aliphatic heterocycles. The highest BCUT2D eigenvalue weighted by Gasteiger charge is 2.33. The molecular weight excluding hydrogens is 708 g/mol. The third-order valence-corrected chi connectivity index (χ3v) is 9.41. The molecule has 0 saturated heterocycles. The van der Waals surface area contributed by atoms with Gasteiger partial charge >= 0.3 is 5.97 Å². The number of phenols is 2. The Morgan fingerprint density at radius 2 is 1.69 bits per heavy atom. The first-order valence-electron chi connectivity index (χ1n) is 18.1. The number of phenolic OH excluding ortho intramolecular Hbond substituents is 2. The summed E-state index contributed by atoms with van der Waals surface area (Å²) in [6.45, 7) is 1.90. The van der Waals surface area contributed by atoms with Crippen LogP contribution >= 0.6 is 0 Å². The van der Waals surface area contributed by atoms with E-state index in [1.54, 1.807) is 31.2 Å². The van der Waals surface area contributed by atoms with E-state index < -0.39 is 35.7 Å². The van der Waals surface area contributed by atoms with Gasteiger partial charge in [0.2, 0.25) is 11.7 Å². The van der Waals surface area contributed by atoms with Crippen LogP contribution in [-0.4, -0.2) is 77.6 Å². The van der Waals surface area contributed by atoms with E-state index in [2.05, 4.69) is 20.5 Å². The molecule has 3 aromatic carbocycles. The standard InChI is InChI=1S/C41H48N4O10/c1-24-13-12-18-28(46)17-11-7-10-16-26-19-30(47)36(38(49)35(26)41(50)55-24)29(27-20-31(52-3)39(54-5)32(21-27)53-4)22-34(48)43-37(25-14-8-6-9-15-25)40-42-33(23-51-2)44-45-40/h6,8-10,14-16,19-21,24,29,37,47,49H,7,11-13,17-18,22-23H2,1-5H3,(H,43,48)(H,42,44,45)/b16-10+/t24-,29?,37?/m0/s1. The average Bonchev–Trinajstić information content (AvgIpc) is 3.63. The molecule has 4 N–H and O–H groups in total. The van der Waals surface area contributed by atoms with Crippen molar-refractivity contribution in [1.82, 2.24) is 20.5 Å². The average molecular weight is 757 g/mol. The molecule has 14 heteroatoms. The number of ketones is 1. The lowest BCUT2D eigenvalue weighted by molar-refractivity contribution is -0.122. The number of nitrogens with zero attached hydrogens (tertiary/aromatic N) is 2.